The van der Waals surface area contributed by atoms with Gasteiger partial charge in [0.25, 0.3) is 0 Å². The van der Waals surface area contributed by atoms with E-state index in [9.17, 15) is 4.79 Å². The maximum Gasteiger partial charge on any atom is 0.319 e. The predicted molar refractivity (Wildman–Crippen MR) is 60.0 cm³/mol. The van der Waals surface area contributed by atoms with Gasteiger partial charge in [0.2, 0.25) is 0 Å². The molecule has 0 fully saturated rings. The van der Waals surface area contributed by atoms with Gasteiger partial charge in [0.1, 0.15) is 11.2 Å². The number of aromatic amines is 1. The molecule has 0 radical (unpaired) electrons. The summed E-state index contributed by atoms with van der Waals surface area (Å²) in [6.45, 7) is 7.90. The zero-order valence-corrected chi connectivity index (χ0v) is 10.3. The Bertz CT molecular complexity index is 356. The molecule has 1 N–H and O–H groups in total. The Morgan fingerprint density at radius 3 is 2.38 bits per heavy atom. The number of aryl methyl sites for hydroxylation is 1. The zero-order valence-electron chi connectivity index (χ0n) is 10.3. The molecule has 5 heteroatoms. The summed E-state index contributed by atoms with van der Waals surface area (Å²) in [7, 11) is 0. The molecule has 1 rings (SSSR count). The molecule has 90 valence electrons. The molecule has 0 aliphatic rings. The van der Waals surface area contributed by atoms with E-state index >= 15 is 0 Å². The number of nitrogens with one attached hydrogen (secondary N) is 1. The molecule has 0 amide bonds. The van der Waals surface area contributed by atoms with Gasteiger partial charge in [0.15, 0.2) is 5.82 Å². The van der Waals surface area contributed by atoms with Gasteiger partial charge < -0.3 is 4.74 Å². The monoisotopic (exact) mass is 225 g/mol. The van der Waals surface area contributed by atoms with Gasteiger partial charge in [-0.1, -0.05) is 13.8 Å². The normalized spacial score (nSPS) is 11.5. The van der Waals surface area contributed by atoms with Crippen LogP contribution in [0.4, 0.5) is 0 Å². The smallest absolute Gasteiger partial charge is 0.319 e. The number of rotatable bonds is 5. The standard InChI is InChI=1S/C11H19N3O2/c1-5-11(6-2,10(15)16-7-3)9-12-8(4)13-14-9/h5-7H2,1-4H3,(H,12,13,14). The second kappa shape index (κ2) is 5.09. The van der Waals surface area contributed by atoms with Crippen molar-refractivity contribution < 1.29 is 9.53 Å². The maximum absolute atomic E-state index is 12.0. The lowest BCUT2D eigenvalue weighted by molar-refractivity contribution is -0.151. The molecule has 0 spiro atoms. The lowest BCUT2D eigenvalue weighted by Crippen LogP contribution is -2.37. The summed E-state index contributed by atoms with van der Waals surface area (Å²) in [4.78, 5) is 16.3. The summed E-state index contributed by atoms with van der Waals surface area (Å²) in [5, 5.41) is 6.87. The number of carbonyl (C=O) groups excluding carboxylic acids is 1. The van der Waals surface area contributed by atoms with Gasteiger partial charge in [-0.15, -0.1) is 0 Å². The first-order chi connectivity index (χ1) is 7.60. The molecular weight excluding hydrogens is 206 g/mol. The van der Waals surface area contributed by atoms with E-state index in [0.29, 0.717) is 31.1 Å². The molecule has 1 heterocycles. The summed E-state index contributed by atoms with van der Waals surface area (Å²) >= 11 is 0. The molecule has 0 saturated carbocycles. The molecule has 0 aliphatic carbocycles. The van der Waals surface area contributed by atoms with Crippen molar-refractivity contribution >= 4 is 5.97 Å². The average molecular weight is 225 g/mol. The fraction of sp³-hybridized carbons (Fsp3) is 0.727. The Hall–Kier alpha value is -1.39. The number of aromatic nitrogens is 3. The average Bonchev–Trinajstić information content (AvgIpc) is 2.69. The Kier molecular flexibility index (Phi) is 4.04. The van der Waals surface area contributed by atoms with Crippen molar-refractivity contribution in [1.82, 2.24) is 15.2 Å². The highest BCUT2D eigenvalue weighted by Gasteiger charge is 2.42. The van der Waals surface area contributed by atoms with Crippen LogP contribution in [0.25, 0.3) is 0 Å². The third-order valence-electron chi connectivity index (χ3n) is 2.90. The van der Waals surface area contributed by atoms with E-state index in [-0.39, 0.29) is 5.97 Å². The van der Waals surface area contributed by atoms with E-state index in [0.717, 1.165) is 0 Å². The lowest BCUT2D eigenvalue weighted by atomic mass is 9.81. The van der Waals surface area contributed by atoms with Crippen LogP contribution in [0.5, 0.6) is 0 Å². The van der Waals surface area contributed by atoms with E-state index in [1.165, 1.54) is 0 Å². The number of esters is 1. The number of ether oxygens (including phenoxy) is 1. The van der Waals surface area contributed by atoms with Crippen LogP contribution in [-0.2, 0) is 14.9 Å². The maximum atomic E-state index is 12.0. The summed E-state index contributed by atoms with van der Waals surface area (Å²) < 4.78 is 5.12. The summed E-state index contributed by atoms with van der Waals surface area (Å²) in [5.74, 6) is 1.01. The second-order valence-electron chi connectivity index (χ2n) is 3.75. The van der Waals surface area contributed by atoms with Crippen LogP contribution in [0.15, 0.2) is 0 Å². The van der Waals surface area contributed by atoms with E-state index in [1.54, 1.807) is 6.92 Å². The summed E-state index contributed by atoms with van der Waals surface area (Å²) in [5.41, 5.74) is -0.708. The number of hydrogen-bond donors (Lipinski definition) is 1. The minimum Gasteiger partial charge on any atom is -0.465 e. The highest BCUT2D eigenvalue weighted by atomic mass is 16.5. The topological polar surface area (TPSA) is 67.9 Å². The minimum absolute atomic E-state index is 0.237. The molecule has 0 saturated heterocycles. The van der Waals surface area contributed by atoms with Crippen LogP contribution in [-0.4, -0.2) is 27.8 Å². The minimum atomic E-state index is -0.708. The number of nitrogens with zero attached hydrogens (tertiary/aromatic N) is 2. The number of H-pyrrole nitrogens is 1. The Morgan fingerprint density at radius 2 is 2.00 bits per heavy atom. The highest BCUT2D eigenvalue weighted by Crippen LogP contribution is 2.30. The van der Waals surface area contributed by atoms with Crippen molar-refractivity contribution in [1.29, 1.82) is 0 Å². The highest BCUT2D eigenvalue weighted by molar-refractivity contribution is 5.81. The van der Waals surface area contributed by atoms with Gasteiger partial charge in [-0.05, 0) is 26.7 Å². The van der Waals surface area contributed by atoms with Crippen LogP contribution in [0.2, 0.25) is 0 Å². The van der Waals surface area contributed by atoms with Gasteiger partial charge in [0.05, 0.1) is 6.61 Å². The van der Waals surface area contributed by atoms with Crippen molar-refractivity contribution in [2.75, 3.05) is 6.61 Å². The lowest BCUT2D eigenvalue weighted by Gasteiger charge is -2.25. The van der Waals surface area contributed by atoms with Crippen molar-refractivity contribution in [2.24, 2.45) is 0 Å². The zero-order chi connectivity index (χ0) is 12.2. The van der Waals surface area contributed by atoms with E-state index < -0.39 is 5.41 Å². The van der Waals surface area contributed by atoms with Crippen molar-refractivity contribution in [3.8, 4) is 0 Å². The first-order valence-electron chi connectivity index (χ1n) is 5.67. The molecule has 0 bridgehead atoms. The third-order valence-corrected chi connectivity index (χ3v) is 2.90. The Balaban J connectivity index is 3.09. The van der Waals surface area contributed by atoms with Crippen LogP contribution in [0.1, 0.15) is 45.3 Å². The largest absolute Gasteiger partial charge is 0.465 e. The van der Waals surface area contributed by atoms with Crippen LogP contribution in [0, 0.1) is 6.92 Å². The SMILES string of the molecule is CCOC(=O)C(CC)(CC)c1n[nH]c(C)n1. The van der Waals surface area contributed by atoms with Gasteiger partial charge >= 0.3 is 5.97 Å². The van der Waals surface area contributed by atoms with Crippen LogP contribution < -0.4 is 0 Å². The first-order valence-corrected chi connectivity index (χ1v) is 5.67. The Morgan fingerprint density at radius 1 is 1.38 bits per heavy atom. The number of carbonyl (C=O) groups is 1. The van der Waals surface area contributed by atoms with E-state index in [2.05, 4.69) is 15.2 Å². The molecule has 16 heavy (non-hydrogen) atoms. The first kappa shape index (κ1) is 12.7. The predicted octanol–water partition coefficient (Wildman–Crippen LogP) is 1.73. The van der Waals surface area contributed by atoms with E-state index in [4.69, 9.17) is 4.74 Å². The van der Waals surface area contributed by atoms with Crippen molar-refractivity contribution in [3.63, 3.8) is 0 Å². The van der Waals surface area contributed by atoms with E-state index in [1.807, 2.05) is 20.8 Å². The summed E-state index contributed by atoms with van der Waals surface area (Å²) in [6.07, 6.45) is 1.28. The fourth-order valence-corrected chi connectivity index (χ4v) is 1.77. The van der Waals surface area contributed by atoms with Gasteiger partial charge in [-0.3, -0.25) is 9.89 Å². The molecule has 0 unspecified atom stereocenters. The van der Waals surface area contributed by atoms with Crippen molar-refractivity contribution in [2.45, 2.75) is 46.0 Å². The van der Waals surface area contributed by atoms with Crippen LogP contribution >= 0.6 is 0 Å². The molecule has 0 aromatic carbocycles. The second-order valence-corrected chi connectivity index (χ2v) is 3.75. The van der Waals surface area contributed by atoms with Gasteiger partial charge in [-0.2, -0.15) is 5.10 Å². The molecule has 1 aromatic heterocycles. The third kappa shape index (κ3) is 2.08. The van der Waals surface area contributed by atoms with Crippen molar-refractivity contribution in [3.05, 3.63) is 11.6 Å². The summed E-state index contributed by atoms with van der Waals surface area (Å²) in [6, 6.07) is 0. The molecule has 5 nitrogen and oxygen atoms in total. The molecular formula is C11H19N3O2. The molecule has 0 atom stereocenters. The van der Waals surface area contributed by atoms with Gasteiger partial charge in [0, 0.05) is 0 Å². The quantitative estimate of drug-likeness (QED) is 0.775. The number of hydrogen-bond acceptors (Lipinski definition) is 4. The molecule has 0 aliphatic heterocycles. The van der Waals surface area contributed by atoms with Crippen LogP contribution in [0.3, 0.4) is 0 Å². The van der Waals surface area contributed by atoms with Gasteiger partial charge in [-0.25, -0.2) is 4.98 Å². The fourth-order valence-electron chi connectivity index (χ4n) is 1.77. The Labute approximate surface area is 95.6 Å². The molecule has 1 aromatic rings.